The van der Waals surface area contributed by atoms with E-state index in [4.69, 9.17) is 0 Å². The smallest absolute Gasteiger partial charge is 0.130 e. The molecule has 0 heterocycles. The highest BCUT2D eigenvalue weighted by molar-refractivity contribution is 5.52. The Morgan fingerprint density at radius 1 is 1.42 bits per heavy atom. The van der Waals surface area contributed by atoms with Gasteiger partial charge in [-0.2, -0.15) is 0 Å². The number of hydrogen-bond donors (Lipinski definition) is 0. The fourth-order valence-electron chi connectivity index (χ4n) is 0.960. The van der Waals surface area contributed by atoms with Crippen molar-refractivity contribution < 1.29 is 4.39 Å². The minimum atomic E-state index is -0.148. The Morgan fingerprint density at radius 3 is 2.67 bits per heavy atom. The molecule has 0 radical (unpaired) electrons. The van der Waals surface area contributed by atoms with Crippen LogP contribution < -0.4 is 0 Å². The first kappa shape index (κ1) is 8.98. The van der Waals surface area contributed by atoms with Crippen molar-refractivity contribution in [1.29, 1.82) is 0 Å². The number of allylic oxidation sites excluding steroid dienone is 1. The maximum atomic E-state index is 13.0. The van der Waals surface area contributed by atoms with E-state index in [0.29, 0.717) is 5.56 Å². The first-order valence-electron chi connectivity index (χ1n) is 4.15. The van der Waals surface area contributed by atoms with Gasteiger partial charge in [-0.1, -0.05) is 36.8 Å². The highest BCUT2D eigenvalue weighted by Crippen LogP contribution is 2.12. The minimum Gasteiger partial charge on any atom is -0.206 e. The molecule has 0 unspecified atom stereocenters. The summed E-state index contributed by atoms with van der Waals surface area (Å²) in [5.74, 6) is -0.148. The molecule has 1 heteroatoms. The Balaban J connectivity index is 2.96. The van der Waals surface area contributed by atoms with Gasteiger partial charge in [0.15, 0.2) is 0 Å². The van der Waals surface area contributed by atoms with Gasteiger partial charge in [0.2, 0.25) is 0 Å². The predicted molar refractivity (Wildman–Crippen MR) is 50.3 cm³/mol. The zero-order chi connectivity index (χ0) is 8.97. The minimum absolute atomic E-state index is 0.148. The number of benzene rings is 1. The Morgan fingerprint density at radius 2 is 2.08 bits per heavy atom. The summed E-state index contributed by atoms with van der Waals surface area (Å²) in [7, 11) is 0. The molecule has 0 aliphatic heterocycles. The van der Waals surface area contributed by atoms with Gasteiger partial charge >= 0.3 is 0 Å². The summed E-state index contributed by atoms with van der Waals surface area (Å²) in [6.45, 7) is 4.07. The maximum absolute atomic E-state index is 13.0. The van der Waals surface area contributed by atoms with E-state index in [2.05, 4.69) is 6.92 Å². The molecule has 0 amide bonds. The van der Waals surface area contributed by atoms with Gasteiger partial charge in [-0.3, -0.25) is 0 Å². The molecular weight excluding hydrogens is 151 g/mol. The van der Waals surface area contributed by atoms with Crippen LogP contribution in [0.15, 0.2) is 29.8 Å². The van der Waals surface area contributed by atoms with E-state index in [-0.39, 0.29) is 5.82 Å². The third-order valence-corrected chi connectivity index (χ3v) is 1.86. The summed E-state index contributed by atoms with van der Waals surface area (Å²) in [6.07, 6.45) is 2.85. The first-order valence-corrected chi connectivity index (χ1v) is 4.15. The lowest BCUT2D eigenvalue weighted by molar-refractivity contribution is 0.625. The second-order valence-corrected chi connectivity index (χ2v) is 2.87. The summed E-state index contributed by atoms with van der Waals surface area (Å²) >= 11 is 0. The third kappa shape index (κ3) is 2.19. The monoisotopic (exact) mass is 164 g/mol. The van der Waals surface area contributed by atoms with Crippen LogP contribution in [0.25, 0.3) is 6.08 Å². The fourth-order valence-corrected chi connectivity index (χ4v) is 0.960. The Kier molecular flexibility index (Phi) is 3.03. The van der Waals surface area contributed by atoms with Crippen molar-refractivity contribution in [3.05, 3.63) is 41.2 Å². The van der Waals surface area contributed by atoms with Crippen LogP contribution in [0, 0.1) is 5.82 Å². The third-order valence-electron chi connectivity index (χ3n) is 1.86. The summed E-state index contributed by atoms with van der Waals surface area (Å²) < 4.78 is 13.0. The molecule has 0 aliphatic rings. The van der Waals surface area contributed by atoms with Gasteiger partial charge in [0.25, 0.3) is 0 Å². The van der Waals surface area contributed by atoms with Gasteiger partial charge in [0.05, 0.1) is 0 Å². The molecule has 0 bridgehead atoms. The molecule has 0 atom stereocenters. The average molecular weight is 164 g/mol. The molecule has 0 aromatic heterocycles. The van der Waals surface area contributed by atoms with Crippen LogP contribution in [0.2, 0.25) is 0 Å². The molecular formula is C11H13F. The molecule has 0 saturated carbocycles. The quantitative estimate of drug-likeness (QED) is 0.626. The van der Waals surface area contributed by atoms with Gasteiger partial charge in [0.1, 0.15) is 5.82 Å². The van der Waals surface area contributed by atoms with Gasteiger partial charge in [-0.15, -0.1) is 0 Å². The van der Waals surface area contributed by atoms with E-state index in [9.17, 15) is 4.39 Å². The molecule has 0 spiro atoms. The Labute approximate surface area is 72.7 Å². The molecule has 64 valence electrons. The number of halogens is 1. The maximum Gasteiger partial charge on any atom is 0.130 e. The molecule has 0 aliphatic carbocycles. The van der Waals surface area contributed by atoms with E-state index >= 15 is 0 Å². The van der Waals surface area contributed by atoms with Crippen molar-refractivity contribution in [2.45, 2.75) is 20.3 Å². The van der Waals surface area contributed by atoms with E-state index < -0.39 is 0 Å². The summed E-state index contributed by atoms with van der Waals surface area (Å²) in [4.78, 5) is 0. The second-order valence-electron chi connectivity index (χ2n) is 2.87. The normalized spacial score (nSPS) is 11.8. The first-order chi connectivity index (χ1) is 5.74. The van der Waals surface area contributed by atoms with Crippen LogP contribution in [0.3, 0.4) is 0 Å². The van der Waals surface area contributed by atoms with E-state index in [1.54, 1.807) is 12.1 Å². The van der Waals surface area contributed by atoms with Crippen LogP contribution in [-0.2, 0) is 0 Å². The molecule has 1 aromatic carbocycles. The lowest BCUT2D eigenvalue weighted by Gasteiger charge is -1.97. The second kappa shape index (κ2) is 4.05. The SMILES string of the molecule is CC/C(C)=C/c1ccccc1F. The van der Waals surface area contributed by atoms with E-state index in [0.717, 1.165) is 6.42 Å². The molecule has 12 heavy (non-hydrogen) atoms. The van der Waals surface area contributed by atoms with Gasteiger partial charge in [0, 0.05) is 5.56 Å². The van der Waals surface area contributed by atoms with Crippen molar-refractivity contribution in [1.82, 2.24) is 0 Å². The van der Waals surface area contributed by atoms with Crippen molar-refractivity contribution in [3.8, 4) is 0 Å². The van der Waals surface area contributed by atoms with Crippen LogP contribution in [0.4, 0.5) is 4.39 Å². The Hall–Kier alpha value is -1.11. The largest absolute Gasteiger partial charge is 0.206 e. The standard InChI is InChI=1S/C11H13F/c1-3-9(2)8-10-6-4-5-7-11(10)12/h4-8H,3H2,1-2H3/b9-8+. The van der Waals surface area contributed by atoms with Crippen molar-refractivity contribution in [2.24, 2.45) is 0 Å². The van der Waals surface area contributed by atoms with Crippen molar-refractivity contribution in [2.75, 3.05) is 0 Å². The average Bonchev–Trinajstić information content (AvgIpc) is 2.09. The molecule has 0 saturated heterocycles. The molecule has 0 fully saturated rings. The fraction of sp³-hybridized carbons (Fsp3) is 0.273. The van der Waals surface area contributed by atoms with Gasteiger partial charge < -0.3 is 0 Å². The molecule has 1 aromatic rings. The molecule has 1 rings (SSSR count). The number of rotatable bonds is 2. The van der Waals surface area contributed by atoms with E-state index in [1.165, 1.54) is 11.6 Å². The molecule has 0 N–H and O–H groups in total. The summed E-state index contributed by atoms with van der Waals surface area (Å²) in [5.41, 5.74) is 1.87. The van der Waals surface area contributed by atoms with Crippen LogP contribution in [-0.4, -0.2) is 0 Å². The van der Waals surface area contributed by atoms with Crippen LogP contribution in [0.5, 0.6) is 0 Å². The highest BCUT2D eigenvalue weighted by Gasteiger charge is 1.95. The Bertz CT molecular complexity index is 287. The van der Waals surface area contributed by atoms with E-state index in [1.807, 2.05) is 19.1 Å². The lowest BCUT2D eigenvalue weighted by Crippen LogP contribution is -1.81. The topological polar surface area (TPSA) is 0 Å². The van der Waals surface area contributed by atoms with Gasteiger partial charge in [-0.05, 0) is 19.4 Å². The van der Waals surface area contributed by atoms with Crippen LogP contribution in [0.1, 0.15) is 25.8 Å². The van der Waals surface area contributed by atoms with Crippen LogP contribution >= 0.6 is 0 Å². The summed E-state index contributed by atoms with van der Waals surface area (Å²) in [5, 5.41) is 0. The van der Waals surface area contributed by atoms with Crippen molar-refractivity contribution >= 4 is 6.08 Å². The highest BCUT2D eigenvalue weighted by atomic mass is 19.1. The molecule has 0 nitrogen and oxygen atoms in total. The predicted octanol–water partition coefficient (Wildman–Crippen LogP) is 3.64. The summed E-state index contributed by atoms with van der Waals surface area (Å²) in [6, 6.07) is 6.81. The van der Waals surface area contributed by atoms with Gasteiger partial charge in [-0.25, -0.2) is 4.39 Å². The number of hydrogen-bond acceptors (Lipinski definition) is 0. The lowest BCUT2D eigenvalue weighted by atomic mass is 10.1. The zero-order valence-corrected chi connectivity index (χ0v) is 7.47. The zero-order valence-electron chi connectivity index (χ0n) is 7.47. The van der Waals surface area contributed by atoms with Crippen molar-refractivity contribution in [3.63, 3.8) is 0 Å².